The molecule has 1 unspecified atom stereocenters. The molecule has 1 atom stereocenters. The Bertz CT molecular complexity index is 415. The van der Waals surface area contributed by atoms with Crippen molar-refractivity contribution in [3.63, 3.8) is 0 Å². The van der Waals surface area contributed by atoms with Crippen LogP contribution in [0, 0.1) is 0 Å². The molecule has 2 aromatic heterocycles. The van der Waals surface area contributed by atoms with Gasteiger partial charge in [-0.1, -0.05) is 0 Å². The smallest absolute Gasteiger partial charge is 0.311 e. The third-order valence-corrected chi connectivity index (χ3v) is 3.33. The molecule has 2 rings (SSSR count). The Balaban J connectivity index is 2.44. The molecule has 2 N–H and O–H groups in total. The van der Waals surface area contributed by atoms with E-state index in [4.69, 9.17) is 5.11 Å². The number of thiophene rings is 1. The summed E-state index contributed by atoms with van der Waals surface area (Å²) in [5, 5.41) is 8.79. The number of carboxylic acids is 1. The van der Waals surface area contributed by atoms with Gasteiger partial charge in [0.2, 0.25) is 0 Å². The second-order valence-electron chi connectivity index (χ2n) is 2.96. The highest BCUT2D eigenvalue weighted by Gasteiger charge is 2.16. The highest BCUT2D eigenvalue weighted by Crippen LogP contribution is 2.29. The number of nitrogens with one attached hydrogen (secondary N) is 1. The number of hydrogen-bond acceptors (Lipinski definition) is 2. The highest BCUT2D eigenvalue weighted by atomic mass is 32.1. The summed E-state index contributed by atoms with van der Waals surface area (Å²) in [6.45, 7) is 1.70. The molecule has 0 aliphatic rings. The second kappa shape index (κ2) is 2.88. The number of aliphatic carboxylic acids is 1. The van der Waals surface area contributed by atoms with E-state index in [0.29, 0.717) is 0 Å². The molecule has 0 aliphatic carbocycles. The highest BCUT2D eigenvalue weighted by molar-refractivity contribution is 7.19. The first-order valence-corrected chi connectivity index (χ1v) is 4.80. The van der Waals surface area contributed by atoms with Crippen molar-refractivity contribution >= 4 is 27.5 Å². The lowest BCUT2D eigenvalue weighted by Gasteiger charge is -2.00. The van der Waals surface area contributed by atoms with Crippen molar-refractivity contribution in [2.24, 2.45) is 0 Å². The molecule has 0 bridgehead atoms. The third-order valence-electron chi connectivity index (χ3n) is 2.05. The molecule has 2 heterocycles. The van der Waals surface area contributed by atoms with Crippen LogP contribution in [-0.2, 0) is 4.79 Å². The van der Waals surface area contributed by atoms with Crippen LogP contribution in [0.25, 0.3) is 10.2 Å². The molecule has 4 heteroatoms. The summed E-state index contributed by atoms with van der Waals surface area (Å²) >= 11 is 1.53. The fourth-order valence-electron chi connectivity index (χ4n) is 1.20. The van der Waals surface area contributed by atoms with Gasteiger partial charge >= 0.3 is 5.97 Å². The number of H-pyrrole nitrogens is 1. The predicted molar refractivity (Wildman–Crippen MR) is 52.2 cm³/mol. The Morgan fingerprint density at radius 2 is 2.46 bits per heavy atom. The zero-order valence-corrected chi connectivity index (χ0v) is 7.89. The van der Waals surface area contributed by atoms with E-state index in [-0.39, 0.29) is 0 Å². The lowest BCUT2D eigenvalue weighted by molar-refractivity contribution is -0.138. The van der Waals surface area contributed by atoms with Crippen LogP contribution in [0.5, 0.6) is 0 Å². The fraction of sp³-hybridized carbons (Fsp3) is 0.222. The molecular formula is C9H9NO2S. The quantitative estimate of drug-likeness (QED) is 0.773. The van der Waals surface area contributed by atoms with Crippen molar-refractivity contribution in [2.75, 3.05) is 0 Å². The van der Waals surface area contributed by atoms with E-state index in [1.807, 2.05) is 18.3 Å². The topological polar surface area (TPSA) is 53.1 Å². The average molecular weight is 195 g/mol. The van der Waals surface area contributed by atoms with E-state index in [1.165, 1.54) is 11.3 Å². The van der Waals surface area contributed by atoms with Crippen molar-refractivity contribution in [1.82, 2.24) is 4.98 Å². The van der Waals surface area contributed by atoms with Gasteiger partial charge in [-0.15, -0.1) is 11.3 Å². The number of aromatic amines is 1. The van der Waals surface area contributed by atoms with Gasteiger partial charge in [-0.05, 0) is 19.1 Å². The van der Waals surface area contributed by atoms with E-state index in [1.54, 1.807) is 6.92 Å². The number of rotatable bonds is 2. The molecule has 0 amide bonds. The van der Waals surface area contributed by atoms with Crippen LogP contribution in [0.15, 0.2) is 18.3 Å². The number of aromatic nitrogens is 1. The summed E-state index contributed by atoms with van der Waals surface area (Å²) in [6.07, 6.45) is 1.86. The number of hydrogen-bond donors (Lipinski definition) is 2. The van der Waals surface area contributed by atoms with E-state index in [2.05, 4.69) is 4.98 Å². The summed E-state index contributed by atoms with van der Waals surface area (Å²) in [6, 6.07) is 3.86. The lowest BCUT2D eigenvalue weighted by Crippen LogP contribution is -2.05. The van der Waals surface area contributed by atoms with Crippen LogP contribution in [-0.4, -0.2) is 16.1 Å². The van der Waals surface area contributed by atoms with Crippen LogP contribution in [0.2, 0.25) is 0 Å². The average Bonchev–Trinajstić information content (AvgIpc) is 2.59. The number of fused-ring (bicyclic) bond motifs is 1. The van der Waals surface area contributed by atoms with Gasteiger partial charge in [0.1, 0.15) is 0 Å². The van der Waals surface area contributed by atoms with Gasteiger partial charge in [-0.25, -0.2) is 0 Å². The maximum absolute atomic E-state index is 10.7. The summed E-state index contributed by atoms with van der Waals surface area (Å²) in [4.78, 5) is 14.6. The molecule has 0 saturated heterocycles. The van der Waals surface area contributed by atoms with Crippen molar-refractivity contribution in [3.8, 4) is 0 Å². The summed E-state index contributed by atoms with van der Waals surface area (Å²) in [5.74, 6) is -1.19. The van der Waals surface area contributed by atoms with Crippen LogP contribution in [0.1, 0.15) is 17.7 Å². The van der Waals surface area contributed by atoms with Crippen molar-refractivity contribution in [2.45, 2.75) is 12.8 Å². The van der Waals surface area contributed by atoms with Gasteiger partial charge in [0, 0.05) is 11.1 Å². The summed E-state index contributed by atoms with van der Waals surface area (Å²) in [7, 11) is 0. The minimum absolute atomic E-state index is 0.411. The number of carbonyl (C=O) groups is 1. The maximum Gasteiger partial charge on any atom is 0.311 e. The fourth-order valence-corrected chi connectivity index (χ4v) is 2.28. The largest absolute Gasteiger partial charge is 0.481 e. The SMILES string of the molecule is CC(C(=O)O)c1cc2[nH]ccc2s1. The Morgan fingerprint density at radius 1 is 1.69 bits per heavy atom. The molecule has 2 aromatic rings. The molecule has 0 radical (unpaired) electrons. The van der Waals surface area contributed by atoms with Gasteiger partial charge in [-0.3, -0.25) is 4.79 Å². The molecular weight excluding hydrogens is 186 g/mol. The first kappa shape index (κ1) is 8.31. The van der Waals surface area contributed by atoms with Crippen LogP contribution in [0.4, 0.5) is 0 Å². The van der Waals surface area contributed by atoms with E-state index in [9.17, 15) is 4.79 Å². The Hall–Kier alpha value is -1.29. The maximum atomic E-state index is 10.7. The van der Waals surface area contributed by atoms with Gasteiger partial charge in [0.25, 0.3) is 0 Å². The van der Waals surface area contributed by atoms with E-state index >= 15 is 0 Å². The first-order chi connectivity index (χ1) is 6.18. The van der Waals surface area contributed by atoms with Gasteiger partial charge in [0.15, 0.2) is 0 Å². The Morgan fingerprint density at radius 3 is 3.08 bits per heavy atom. The van der Waals surface area contributed by atoms with Crippen molar-refractivity contribution in [3.05, 3.63) is 23.2 Å². The summed E-state index contributed by atoms with van der Waals surface area (Å²) in [5.41, 5.74) is 1.02. The van der Waals surface area contributed by atoms with E-state index in [0.717, 1.165) is 15.1 Å². The molecule has 0 spiro atoms. The number of carboxylic acid groups (broad SMARTS) is 1. The predicted octanol–water partition coefficient (Wildman–Crippen LogP) is 2.42. The van der Waals surface area contributed by atoms with Crippen LogP contribution in [0.3, 0.4) is 0 Å². The second-order valence-corrected chi connectivity index (χ2v) is 4.08. The minimum atomic E-state index is -0.774. The molecule has 68 valence electrons. The molecule has 0 aliphatic heterocycles. The van der Waals surface area contributed by atoms with Gasteiger partial charge in [0.05, 0.1) is 16.1 Å². The molecule has 0 saturated carbocycles. The minimum Gasteiger partial charge on any atom is -0.481 e. The van der Waals surface area contributed by atoms with Crippen molar-refractivity contribution < 1.29 is 9.90 Å². The summed E-state index contributed by atoms with van der Waals surface area (Å²) < 4.78 is 1.11. The third kappa shape index (κ3) is 1.33. The Kier molecular flexibility index (Phi) is 1.84. The van der Waals surface area contributed by atoms with E-state index < -0.39 is 11.9 Å². The molecule has 13 heavy (non-hydrogen) atoms. The van der Waals surface area contributed by atoms with Crippen LogP contribution >= 0.6 is 11.3 Å². The zero-order chi connectivity index (χ0) is 9.42. The molecule has 3 nitrogen and oxygen atoms in total. The zero-order valence-electron chi connectivity index (χ0n) is 7.07. The van der Waals surface area contributed by atoms with Crippen molar-refractivity contribution in [1.29, 1.82) is 0 Å². The first-order valence-electron chi connectivity index (χ1n) is 3.98. The molecule has 0 aromatic carbocycles. The van der Waals surface area contributed by atoms with Crippen LogP contribution < -0.4 is 0 Å². The Labute approximate surface area is 79.0 Å². The standard InChI is InChI=1S/C9H9NO2S/c1-5(9(11)12)8-4-6-7(13-8)2-3-10-6/h2-5,10H,1H3,(H,11,12). The van der Waals surface area contributed by atoms with Gasteiger partial charge < -0.3 is 10.1 Å². The lowest BCUT2D eigenvalue weighted by atomic mass is 10.1. The normalized spacial score (nSPS) is 13.3. The monoisotopic (exact) mass is 195 g/mol. The molecule has 0 fully saturated rings. The van der Waals surface area contributed by atoms with Gasteiger partial charge in [-0.2, -0.15) is 0 Å².